The first-order valence-corrected chi connectivity index (χ1v) is 10.8. The highest BCUT2D eigenvalue weighted by atomic mass is 19.4. The first kappa shape index (κ1) is 22.8. The second-order valence-corrected chi connectivity index (χ2v) is 8.65. The van der Waals surface area contributed by atoms with Crippen LogP contribution >= 0.6 is 0 Å². The van der Waals surface area contributed by atoms with Crippen molar-refractivity contribution in [3.63, 3.8) is 0 Å². The van der Waals surface area contributed by atoms with Gasteiger partial charge in [0.25, 0.3) is 0 Å². The second-order valence-electron chi connectivity index (χ2n) is 8.65. The topological polar surface area (TPSA) is 52.6 Å². The fourth-order valence-electron chi connectivity index (χ4n) is 4.39. The van der Waals surface area contributed by atoms with Gasteiger partial charge in [-0.25, -0.2) is 9.97 Å². The molecule has 1 aromatic rings. The Kier molecular flexibility index (Phi) is 7.55. The number of halogens is 3. The average molecular weight is 428 g/mol. The van der Waals surface area contributed by atoms with Crippen molar-refractivity contribution in [3.8, 4) is 0 Å². The fourth-order valence-corrected chi connectivity index (χ4v) is 4.39. The van der Waals surface area contributed by atoms with E-state index in [1.54, 1.807) is 11.9 Å². The summed E-state index contributed by atoms with van der Waals surface area (Å²) < 4.78 is 38.5. The van der Waals surface area contributed by atoms with Crippen molar-refractivity contribution in [2.24, 2.45) is 11.8 Å². The minimum absolute atomic E-state index is 0.0971. The number of anilines is 1. The summed E-state index contributed by atoms with van der Waals surface area (Å²) in [5, 5.41) is 0. The Balaban J connectivity index is 1.44. The third-order valence-electron chi connectivity index (χ3n) is 6.37. The van der Waals surface area contributed by atoms with Crippen LogP contribution in [-0.2, 0) is 11.0 Å². The van der Waals surface area contributed by atoms with Crippen LogP contribution in [0, 0.1) is 11.8 Å². The van der Waals surface area contributed by atoms with Crippen LogP contribution in [0.1, 0.15) is 44.2 Å². The lowest BCUT2D eigenvalue weighted by molar-refractivity contribution is -0.141. The molecule has 1 aliphatic heterocycles. The number of hydrogen-bond acceptors (Lipinski definition) is 5. The van der Waals surface area contributed by atoms with Crippen LogP contribution < -0.4 is 4.90 Å². The molecule has 1 saturated carbocycles. The highest BCUT2D eigenvalue weighted by molar-refractivity contribution is 5.79. The molecule has 168 valence electrons. The summed E-state index contributed by atoms with van der Waals surface area (Å²) in [6.07, 6.45) is 2.36. The zero-order valence-corrected chi connectivity index (χ0v) is 17.9. The van der Waals surface area contributed by atoms with Crippen LogP contribution in [0.15, 0.2) is 12.3 Å². The molecule has 0 atom stereocenters. The quantitative estimate of drug-likeness (QED) is 0.722. The molecule has 3 rings (SSSR count). The lowest BCUT2D eigenvalue weighted by atomic mass is 9.80. The first-order chi connectivity index (χ1) is 14.2. The summed E-state index contributed by atoms with van der Waals surface area (Å²) in [5.41, 5.74) is -0.918. The molecule has 1 amide bonds. The predicted octanol–water partition coefficient (Wildman–Crippen LogP) is 3.29. The maximum atomic E-state index is 12.9. The van der Waals surface area contributed by atoms with Gasteiger partial charge in [0.05, 0.1) is 0 Å². The smallest absolute Gasteiger partial charge is 0.344 e. The van der Waals surface area contributed by atoms with Crippen LogP contribution in [0.5, 0.6) is 0 Å². The normalized spacial score (nSPS) is 23.8. The van der Waals surface area contributed by atoms with Crippen LogP contribution in [0.3, 0.4) is 0 Å². The second kappa shape index (κ2) is 9.94. The van der Waals surface area contributed by atoms with Gasteiger partial charge in [0.1, 0.15) is 5.69 Å². The number of alkyl halides is 3. The Hall–Kier alpha value is -1.90. The molecule has 30 heavy (non-hydrogen) atoms. The minimum Gasteiger partial charge on any atom is -0.344 e. The average Bonchev–Trinajstić information content (AvgIpc) is 2.96. The molecular weight excluding hydrogens is 395 g/mol. The van der Waals surface area contributed by atoms with E-state index >= 15 is 0 Å². The van der Waals surface area contributed by atoms with Gasteiger partial charge in [-0.3, -0.25) is 4.79 Å². The number of likely N-dealkylation sites (N-methyl/N-ethyl adjacent to an activating group) is 1. The van der Waals surface area contributed by atoms with E-state index in [1.165, 1.54) is 0 Å². The summed E-state index contributed by atoms with van der Waals surface area (Å²) in [7, 11) is 3.82. The molecule has 9 heteroatoms. The summed E-state index contributed by atoms with van der Waals surface area (Å²) >= 11 is 0. The lowest BCUT2D eigenvalue weighted by Crippen LogP contribution is -2.40. The van der Waals surface area contributed by atoms with Crippen molar-refractivity contribution in [2.45, 2.75) is 44.7 Å². The number of carbonyl (C=O) groups excluding carboxylic acids is 1. The van der Waals surface area contributed by atoms with Gasteiger partial charge >= 0.3 is 6.18 Å². The van der Waals surface area contributed by atoms with E-state index in [4.69, 9.17) is 0 Å². The van der Waals surface area contributed by atoms with Gasteiger partial charge in [0.15, 0.2) is 0 Å². The zero-order chi connectivity index (χ0) is 21.7. The molecule has 1 saturated heterocycles. The Morgan fingerprint density at radius 3 is 2.60 bits per heavy atom. The molecule has 0 bridgehead atoms. The molecule has 0 radical (unpaired) electrons. The van der Waals surface area contributed by atoms with Crippen LogP contribution in [-0.4, -0.2) is 72.5 Å². The molecule has 1 aliphatic carbocycles. The standard InChI is InChI=1S/C21H32F3N5O/c1-27-11-3-12-29(15-14-27)19(30)17-6-4-16(5-7-17)9-13-28(2)20-25-10-8-18(26-20)21(22,23)24/h8,10,16-17H,3-7,9,11-15H2,1-2H3/t16-,17-. The monoisotopic (exact) mass is 427 g/mol. The summed E-state index contributed by atoms with van der Waals surface area (Å²) in [6, 6.07) is 0.887. The van der Waals surface area contributed by atoms with Crippen LogP contribution in [0.2, 0.25) is 0 Å². The molecule has 2 heterocycles. The van der Waals surface area contributed by atoms with Gasteiger partial charge in [0.2, 0.25) is 11.9 Å². The zero-order valence-electron chi connectivity index (χ0n) is 17.9. The number of aromatic nitrogens is 2. The number of nitrogens with zero attached hydrogens (tertiary/aromatic N) is 5. The fraction of sp³-hybridized carbons (Fsp3) is 0.762. The van der Waals surface area contributed by atoms with Gasteiger partial charge in [-0.1, -0.05) is 0 Å². The van der Waals surface area contributed by atoms with Gasteiger partial charge in [-0.15, -0.1) is 0 Å². The summed E-state index contributed by atoms with van der Waals surface area (Å²) in [5.74, 6) is 1.00. The van der Waals surface area contributed by atoms with Gasteiger partial charge in [-0.05, 0) is 64.1 Å². The Labute approximate surface area is 176 Å². The van der Waals surface area contributed by atoms with Gasteiger partial charge in [-0.2, -0.15) is 13.2 Å². The predicted molar refractivity (Wildman–Crippen MR) is 109 cm³/mol. The minimum atomic E-state index is -4.47. The SMILES string of the molecule is CN1CCCN(C(=O)[C@H]2CC[C@H](CCN(C)c3nccc(C(F)(F)F)n3)CC2)CC1. The Bertz CT molecular complexity index is 706. The molecule has 2 fully saturated rings. The highest BCUT2D eigenvalue weighted by Gasteiger charge is 2.33. The van der Waals surface area contributed by atoms with Crippen molar-refractivity contribution in [3.05, 3.63) is 18.0 Å². The number of rotatable bonds is 5. The maximum absolute atomic E-state index is 12.9. The van der Waals surface area contributed by atoms with E-state index in [0.29, 0.717) is 18.4 Å². The lowest BCUT2D eigenvalue weighted by Gasteiger charge is -2.32. The number of carbonyl (C=O) groups is 1. The molecule has 6 nitrogen and oxygen atoms in total. The summed E-state index contributed by atoms with van der Waals surface area (Å²) in [6.45, 7) is 4.25. The maximum Gasteiger partial charge on any atom is 0.433 e. The molecule has 0 spiro atoms. The van der Waals surface area contributed by atoms with Crippen LogP contribution in [0.4, 0.5) is 19.1 Å². The Morgan fingerprint density at radius 1 is 1.17 bits per heavy atom. The van der Waals surface area contributed by atoms with Crippen molar-refractivity contribution >= 4 is 11.9 Å². The molecule has 0 unspecified atom stereocenters. The molecular formula is C21H32F3N5O. The molecule has 2 aliphatic rings. The number of amides is 1. The van der Waals surface area contributed by atoms with Crippen molar-refractivity contribution in [2.75, 3.05) is 51.7 Å². The third-order valence-corrected chi connectivity index (χ3v) is 6.37. The first-order valence-electron chi connectivity index (χ1n) is 10.8. The van der Waals surface area contributed by atoms with Crippen molar-refractivity contribution in [1.29, 1.82) is 0 Å². The van der Waals surface area contributed by atoms with E-state index in [1.807, 2.05) is 4.90 Å². The van der Waals surface area contributed by atoms with Crippen molar-refractivity contribution < 1.29 is 18.0 Å². The van der Waals surface area contributed by atoms with Gasteiger partial charge in [0, 0.05) is 45.3 Å². The molecule has 1 aromatic heterocycles. The summed E-state index contributed by atoms with van der Waals surface area (Å²) in [4.78, 5) is 26.5. The van der Waals surface area contributed by atoms with Crippen LogP contribution in [0.25, 0.3) is 0 Å². The van der Waals surface area contributed by atoms with E-state index in [9.17, 15) is 18.0 Å². The van der Waals surface area contributed by atoms with Crippen molar-refractivity contribution in [1.82, 2.24) is 19.8 Å². The Morgan fingerprint density at radius 2 is 1.90 bits per heavy atom. The largest absolute Gasteiger partial charge is 0.433 e. The van der Waals surface area contributed by atoms with E-state index in [0.717, 1.165) is 77.0 Å². The van der Waals surface area contributed by atoms with Gasteiger partial charge < -0.3 is 14.7 Å². The molecule has 0 aromatic carbocycles. The highest BCUT2D eigenvalue weighted by Crippen LogP contribution is 2.33. The van der Waals surface area contributed by atoms with E-state index < -0.39 is 11.9 Å². The van der Waals surface area contributed by atoms with E-state index in [-0.39, 0.29) is 11.9 Å². The molecule has 0 N–H and O–H groups in total. The van der Waals surface area contributed by atoms with E-state index in [2.05, 4.69) is 21.9 Å². The third kappa shape index (κ3) is 6.06. The number of hydrogen-bond donors (Lipinski definition) is 0.